The van der Waals surface area contributed by atoms with Crippen LogP contribution in [0.5, 0.6) is 0 Å². The average molecular weight is 184 g/mol. The van der Waals surface area contributed by atoms with Crippen LogP contribution in [0, 0.1) is 10.1 Å². The Labute approximate surface area is 72.9 Å². The van der Waals surface area contributed by atoms with Gasteiger partial charge in [-0.25, -0.2) is 0 Å². The van der Waals surface area contributed by atoms with Crippen molar-refractivity contribution in [3.8, 4) is 0 Å². The molecule has 12 heavy (non-hydrogen) atoms. The van der Waals surface area contributed by atoms with Crippen molar-refractivity contribution in [2.75, 3.05) is 0 Å². The molecule has 0 spiro atoms. The second-order valence-corrected chi connectivity index (χ2v) is 2.71. The Morgan fingerprint density at radius 3 is 2.33 bits per heavy atom. The summed E-state index contributed by atoms with van der Waals surface area (Å²) in [5.41, 5.74) is 0.857. The minimum absolute atomic E-state index is 0.0506. The zero-order valence-corrected chi connectivity index (χ0v) is 6.91. The van der Waals surface area contributed by atoms with Gasteiger partial charge in [-0.1, -0.05) is 0 Å². The van der Waals surface area contributed by atoms with Gasteiger partial charge in [-0.05, 0) is 12.1 Å². The predicted molar refractivity (Wildman–Crippen MR) is 44.9 cm³/mol. The fourth-order valence-corrected chi connectivity index (χ4v) is 1.11. The van der Waals surface area contributed by atoms with Crippen LogP contribution in [0.2, 0.25) is 0 Å². The Morgan fingerprint density at radius 2 is 1.92 bits per heavy atom. The lowest BCUT2D eigenvalue weighted by Crippen LogP contribution is -1.88. The van der Waals surface area contributed by atoms with Crippen LogP contribution in [0.15, 0.2) is 24.3 Å². The number of nitrogens with zero attached hydrogens (tertiary/aromatic N) is 1. The molecule has 0 unspecified atom stereocenters. The first kappa shape index (κ1) is 8.73. The maximum Gasteiger partial charge on any atom is 0.463 e. The van der Waals surface area contributed by atoms with Gasteiger partial charge >= 0.3 is 11.7 Å². The number of hydrogen-bond acceptors (Lipinski definition) is 3. The Bertz CT molecular complexity index is 296. The van der Waals surface area contributed by atoms with Crippen molar-refractivity contribution in [2.45, 2.75) is 5.75 Å². The van der Waals surface area contributed by atoms with Gasteiger partial charge in [-0.15, -0.1) is 0 Å². The minimum atomic E-state index is -0.464. The van der Waals surface area contributed by atoms with Gasteiger partial charge in [0.2, 0.25) is 0 Å². The Balaban J connectivity index is 2.85. The monoisotopic (exact) mass is 184 g/mol. The molecule has 0 aliphatic carbocycles. The van der Waals surface area contributed by atoms with Crippen molar-refractivity contribution in [2.24, 2.45) is 0 Å². The van der Waals surface area contributed by atoms with Crippen molar-refractivity contribution in [1.82, 2.24) is 0 Å². The maximum atomic E-state index is 10.2. The molecular formula is C7H6NO3S+. The summed E-state index contributed by atoms with van der Waals surface area (Å²) < 4.78 is 10.1. The third kappa shape index (κ3) is 2.06. The fourth-order valence-electron chi connectivity index (χ4n) is 0.782. The zero-order valence-electron chi connectivity index (χ0n) is 6.10. The van der Waals surface area contributed by atoms with E-state index < -0.39 is 4.92 Å². The summed E-state index contributed by atoms with van der Waals surface area (Å²) in [7, 11) is 0. The summed E-state index contributed by atoms with van der Waals surface area (Å²) >= 11 is 0.449. The lowest BCUT2D eigenvalue weighted by Gasteiger charge is -1.89. The molecule has 0 aliphatic rings. The van der Waals surface area contributed by atoms with Crippen LogP contribution in [0.1, 0.15) is 5.56 Å². The number of rotatable bonds is 3. The molecule has 5 heteroatoms. The van der Waals surface area contributed by atoms with E-state index in [9.17, 15) is 14.3 Å². The SMILES string of the molecule is O=[S+]Cc1ccc([N+](=O)[O-])cc1. The maximum absolute atomic E-state index is 10.2. The van der Waals surface area contributed by atoms with Crippen LogP contribution < -0.4 is 0 Å². The summed E-state index contributed by atoms with van der Waals surface area (Å²) in [6, 6.07) is 5.96. The van der Waals surface area contributed by atoms with Gasteiger partial charge in [0.1, 0.15) is 0 Å². The molecule has 0 fully saturated rings. The Morgan fingerprint density at radius 1 is 1.33 bits per heavy atom. The molecule has 4 nitrogen and oxygen atoms in total. The molecule has 0 atom stereocenters. The van der Waals surface area contributed by atoms with Crippen LogP contribution >= 0.6 is 0 Å². The summed E-state index contributed by atoms with van der Waals surface area (Å²) in [6.07, 6.45) is 0. The summed E-state index contributed by atoms with van der Waals surface area (Å²) in [4.78, 5) is 9.74. The first-order valence-electron chi connectivity index (χ1n) is 3.22. The molecule has 0 saturated carbocycles. The van der Waals surface area contributed by atoms with E-state index in [-0.39, 0.29) is 5.69 Å². The highest BCUT2D eigenvalue weighted by Gasteiger charge is 2.06. The Kier molecular flexibility index (Phi) is 2.82. The molecule has 62 valence electrons. The molecule has 0 heterocycles. The smallest absolute Gasteiger partial charge is 0.258 e. The number of nitro benzene ring substituents is 1. The van der Waals surface area contributed by atoms with Gasteiger partial charge in [0, 0.05) is 21.9 Å². The van der Waals surface area contributed by atoms with Crippen LogP contribution in [-0.4, -0.2) is 4.92 Å². The third-order valence-electron chi connectivity index (χ3n) is 1.37. The second kappa shape index (κ2) is 3.87. The molecule has 0 radical (unpaired) electrons. The molecule has 1 rings (SSSR count). The highest BCUT2D eigenvalue weighted by molar-refractivity contribution is 7.64. The van der Waals surface area contributed by atoms with Gasteiger partial charge < -0.3 is 0 Å². The first-order chi connectivity index (χ1) is 5.74. The van der Waals surface area contributed by atoms with Crippen molar-refractivity contribution < 1.29 is 9.13 Å². The summed E-state index contributed by atoms with van der Waals surface area (Å²) in [5.74, 6) is 0.345. The van der Waals surface area contributed by atoms with E-state index in [2.05, 4.69) is 0 Å². The van der Waals surface area contributed by atoms with E-state index in [1.54, 1.807) is 12.1 Å². The van der Waals surface area contributed by atoms with E-state index in [4.69, 9.17) is 0 Å². The van der Waals surface area contributed by atoms with Crippen molar-refractivity contribution in [3.63, 3.8) is 0 Å². The quantitative estimate of drug-likeness (QED) is 0.406. The Hall–Kier alpha value is -1.36. The molecule has 0 bridgehead atoms. The molecule has 1 aromatic carbocycles. The molecule has 0 aromatic heterocycles. The molecule has 0 N–H and O–H groups in total. The minimum Gasteiger partial charge on any atom is -0.258 e. The van der Waals surface area contributed by atoms with E-state index in [1.807, 2.05) is 0 Å². The number of benzene rings is 1. The van der Waals surface area contributed by atoms with Gasteiger partial charge in [0.05, 0.1) is 4.92 Å². The number of hydrogen-bond donors (Lipinski definition) is 0. The van der Waals surface area contributed by atoms with E-state index in [1.165, 1.54) is 12.1 Å². The molecule has 0 aliphatic heterocycles. The van der Waals surface area contributed by atoms with Gasteiger partial charge in [-0.2, -0.15) is 0 Å². The predicted octanol–water partition coefficient (Wildman–Crippen LogP) is 1.52. The average Bonchev–Trinajstić information content (AvgIpc) is 2.06. The van der Waals surface area contributed by atoms with Crippen LogP contribution in [0.3, 0.4) is 0 Å². The topological polar surface area (TPSA) is 60.2 Å². The highest BCUT2D eigenvalue weighted by Crippen LogP contribution is 2.11. The standard InChI is InChI=1S/C7H6NO3S/c9-8(10)7-3-1-6(2-4-7)5-12-11/h1-4H,5H2/q+1. The summed E-state index contributed by atoms with van der Waals surface area (Å²) in [5, 5.41) is 10.2. The van der Waals surface area contributed by atoms with Gasteiger partial charge in [-0.3, -0.25) is 10.1 Å². The van der Waals surface area contributed by atoms with Crippen LogP contribution in [0.4, 0.5) is 5.69 Å². The number of non-ortho nitro benzene ring substituents is 1. The number of nitro groups is 1. The van der Waals surface area contributed by atoms with E-state index in [0.29, 0.717) is 17.4 Å². The van der Waals surface area contributed by atoms with Crippen LogP contribution in [-0.2, 0) is 21.6 Å². The van der Waals surface area contributed by atoms with Gasteiger partial charge in [0.15, 0.2) is 0 Å². The normalized spacial score (nSPS) is 9.33. The van der Waals surface area contributed by atoms with E-state index in [0.717, 1.165) is 5.56 Å². The summed E-state index contributed by atoms with van der Waals surface area (Å²) in [6.45, 7) is 0. The van der Waals surface area contributed by atoms with Crippen molar-refractivity contribution in [1.29, 1.82) is 0 Å². The van der Waals surface area contributed by atoms with Crippen molar-refractivity contribution >= 4 is 17.4 Å². The van der Waals surface area contributed by atoms with Crippen molar-refractivity contribution in [3.05, 3.63) is 39.9 Å². The fraction of sp³-hybridized carbons (Fsp3) is 0.143. The largest absolute Gasteiger partial charge is 0.463 e. The molecule has 0 amide bonds. The van der Waals surface area contributed by atoms with Gasteiger partial charge in [0.25, 0.3) is 11.4 Å². The lowest BCUT2D eigenvalue weighted by molar-refractivity contribution is -0.384. The highest BCUT2D eigenvalue weighted by atomic mass is 32.1. The zero-order chi connectivity index (χ0) is 8.97. The first-order valence-corrected chi connectivity index (χ1v) is 4.13. The van der Waals surface area contributed by atoms with E-state index >= 15 is 0 Å². The molecule has 0 saturated heterocycles. The second-order valence-electron chi connectivity index (χ2n) is 2.19. The third-order valence-corrected chi connectivity index (χ3v) is 1.82. The molecular weight excluding hydrogens is 178 g/mol. The molecule has 1 aromatic rings. The van der Waals surface area contributed by atoms with Crippen LogP contribution in [0.25, 0.3) is 0 Å². The lowest BCUT2D eigenvalue weighted by atomic mass is 10.2.